The number of ether oxygens (including phenoxy) is 1. The van der Waals surface area contributed by atoms with Crippen molar-refractivity contribution in [3.63, 3.8) is 0 Å². The third kappa shape index (κ3) is 4.82. The summed E-state index contributed by atoms with van der Waals surface area (Å²) in [7, 11) is 1.54. The molecule has 0 atom stereocenters. The van der Waals surface area contributed by atoms with E-state index in [9.17, 15) is 4.39 Å². The van der Waals surface area contributed by atoms with Gasteiger partial charge in [-0.2, -0.15) is 0 Å². The van der Waals surface area contributed by atoms with Crippen LogP contribution in [0, 0.1) is 11.7 Å². The zero-order valence-electron chi connectivity index (χ0n) is 10.3. The third-order valence-electron chi connectivity index (χ3n) is 1.89. The molecule has 86 valence electrons. The van der Waals surface area contributed by atoms with Crippen LogP contribution in [-0.2, 0) is 6.42 Å². The summed E-state index contributed by atoms with van der Waals surface area (Å²) in [6.45, 7) is 8.15. The first-order chi connectivity index (χ1) is 7.13. The molecule has 0 unspecified atom stereocenters. The van der Waals surface area contributed by atoms with Crippen molar-refractivity contribution >= 4 is 0 Å². The van der Waals surface area contributed by atoms with Crippen LogP contribution in [0.4, 0.5) is 4.39 Å². The van der Waals surface area contributed by atoms with Crippen molar-refractivity contribution in [2.75, 3.05) is 7.11 Å². The monoisotopic (exact) mass is 212 g/mol. The predicted molar refractivity (Wildman–Crippen MR) is 62.8 cm³/mol. The van der Waals surface area contributed by atoms with Crippen LogP contribution in [0.25, 0.3) is 0 Å². The molecule has 0 fully saturated rings. The van der Waals surface area contributed by atoms with Gasteiger partial charge in [0.05, 0.1) is 7.11 Å². The number of hydrogen-bond acceptors (Lipinski definition) is 1. The first kappa shape index (κ1) is 13.9. The van der Waals surface area contributed by atoms with Gasteiger partial charge in [0.25, 0.3) is 0 Å². The second kappa shape index (κ2) is 7.27. The second-order valence-corrected chi connectivity index (χ2v) is 3.56. The molecular weight excluding hydrogens is 191 g/mol. The molecule has 15 heavy (non-hydrogen) atoms. The molecule has 0 bridgehead atoms. The van der Waals surface area contributed by atoms with E-state index in [1.807, 2.05) is 13.8 Å². The van der Waals surface area contributed by atoms with Crippen molar-refractivity contribution in [3.8, 4) is 5.75 Å². The predicted octanol–water partition coefficient (Wildman–Crippen LogP) is 4.06. The van der Waals surface area contributed by atoms with Gasteiger partial charge in [-0.1, -0.05) is 33.8 Å². The van der Waals surface area contributed by atoms with E-state index >= 15 is 0 Å². The SMILES string of the molecule is CC.COc1ccc(CC(C)C)c(F)c1. The Morgan fingerprint density at radius 3 is 2.27 bits per heavy atom. The van der Waals surface area contributed by atoms with E-state index in [0.717, 1.165) is 12.0 Å². The third-order valence-corrected chi connectivity index (χ3v) is 1.89. The van der Waals surface area contributed by atoms with Crippen LogP contribution in [0.1, 0.15) is 33.3 Å². The zero-order chi connectivity index (χ0) is 11.8. The fourth-order valence-corrected chi connectivity index (χ4v) is 1.26. The molecule has 1 rings (SSSR count). The highest BCUT2D eigenvalue weighted by molar-refractivity contribution is 5.29. The van der Waals surface area contributed by atoms with E-state index in [1.165, 1.54) is 13.2 Å². The fraction of sp³-hybridized carbons (Fsp3) is 0.538. The minimum absolute atomic E-state index is 0.173. The number of benzene rings is 1. The van der Waals surface area contributed by atoms with Gasteiger partial charge in [0.2, 0.25) is 0 Å². The summed E-state index contributed by atoms with van der Waals surface area (Å²) >= 11 is 0. The van der Waals surface area contributed by atoms with Gasteiger partial charge < -0.3 is 4.74 Å². The number of hydrogen-bond donors (Lipinski definition) is 0. The molecule has 1 aromatic carbocycles. The Hall–Kier alpha value is -1.05. The maximum Gasteiger partial charge on any atom is 0.130 e. The highest BCUT2D eigenvalue weighted by Crippen LogP contribution is 2.18. The van der Waals surface area contributed by atoms with Crippen molar-refractivity contribution in [3.05, 3.63) is 29.6 Å². The lowest BCUT2D eigenvalue weighted by Crippen LogP contribution is -1.97. The van der Waals surface area contributed by atoms with Crippen molar-refractivity contribution in [1.82, 2.24) is 0 Å². The molecular formula is C13H21FO. The Balaban J connectivity index is 0.000000921. The van der Waals surface area contributed by atoms with Crippen molar-refractivity contribution in [2.45, 2.75) is 34.1 Å². The van der Waals surface area contributed by atoms with E-state index in [4.69, 9.17) is 4.74 Å². The first-order valence-electron chi connectivity index (χ1n) is 5.46. The molecule has 0 amide bonds. The summed E-state index contributed by atoms with van der Waals surface area (Å²) in [4.78, 5) is 0. The van der Waals surface area contributed by atoms with Gasteiger partial charge in [-0.3, -0.25) is 0 Å². The Labute approximate surface area is 92.3 Å². The normalized spacial score (nSPS) is 9.53. The van der Waals surface area contributed by atoms with Gasteiger partial charge >= 0.3 is 0 Å². The van der Waals surface area contributed by atoms with Crippen molar-refractivity contribution < 1.29 is 9.13 Å². The summed E-state index contributed by atoms with van der Waals surface area (Å²) in [6, 6.07) is 5.01. The van der Waals surface area contributed by atoms with E-state index in [2.05, 4.69) is 13.8 Å². The van der Waals surface area contributed by atoms with Crippen LogP contribution in [0.2, 0.25) is 0 Å². The Morgan fingerprint density at radius 1 is 1.27 bits per heavy atom. The molecule has 0 aliphatic carbocycles. The smallest absolute Gasteiger partial charge is 0.130 e. The molecule has 0 saturated heterocycles. The topological polar surface area (TPSA) is 9.23 Å². The van der Waals surface area contributed by atoms with E-state index in [1.54, 1.807) is 12.1 Å². The molecule has 0 N–H and O–H groups in total. The molecule has 0 spiro atoms. The summed E-state index contributed by atoms with van der Waals surface area (Å²) in [5, 5.41) is 0. The lowest BCUT2D eigenvalue weighted by molar-refractivity contribution is 0.410. The van der Waals surface area contributed by atoms with Gasteiger partial charge in [-0.15, -0.1) is 0 Å². The fourth-order valence-electron chi connectivity index (χ4n) is 1.26. The Kier molecular flexibility index (Phi) is 6.76. The minimum Gasteiger partial charge on any atom is -0.497 e. The van der Waals surface area contributed by atoms with E-state index in [0.29, 0.717) is 11.7 Å². The molecule has 0 aliphatic rings. The Morgan fingerprint density at radius 2 is 1.87 bits per heavy atom. The lowest BCUT2D eigenvalue weighted by Gasteiger charge is -2.07. The number of methoxy groups -OCH3 is 1. The van der Waals surface area contributed by atoms with Crippen LogP contribution in [0.5, 0.6) is 5.75 Å². The van der Waals surface area contributed by atoms with Crippen molar-refractivity contribution in [1.29, 1.82) is 0 Å². The van der Waals surface area contributed by atoms with E-state index in [-0.39, 0.29) is 5.82 Å². The second-order valence-electron chi connectivity index (χ2n) is 3.56. The molecule has 0 radical (unpaired) electrons. The minimum atomic E-state index is -0.173. The lowest BCUT2D eigenvalue weighted by atomic mass is 10.0. The Bertz CT molecular complexity index is 282. The van der Waals surface area contributed by atoms with Crippen molar-refractivity contribution in [2.24, 2.45) is 5.92 Å². The van der Waals surface area contributed by atoms with Crippen LogP contribution in [0.3, 0.4) is 0 Å². The zero-order valence-corrected chi connectivity index (χ0v) is 10.3. The molecule has 0 aromatic heterocycles. The quantitative estimate of drug-likeness (QED) is 0.734. The van der Waals surface area contributed by atoms with Gasteiger partial charge in [0, 0.05) is 6.07 Å². The van der Waals surface area contributed by atoms with Gasteiger partial charge in [-0.25, -0.2) is 4.39 Å². The summed E-state index contributed by atoms with van der Waals surface area (Å²) < 4.78 is 18.2. The molecule has 0 heterocycles. The average Bonchev–Trinajstić information content (AvgIpc) is 2.23. The van der Waals surface area contributed by atoms with Crippen LogP contribution in [0.15, 0.2) is 18.2 Å². The van der Waals surface area contributed by atoms with Crippen LogP contribution in [-0.4, -0.2) is 7.11 Å². The molecule has 0 aliphatic heterocycles. The standard InChI is InChI=1S/C11H15FO.C2H6/c1-8(2)6-9-4-5-10(13-3)7-11(9)12;1-2/h4-5,7-8H,6H2,1-3H3;1-2H3. The first-order valence-corrected chi connectivity index (χ1v) is 5.46. The summed E-state index contributed by atoms with van der Waals surface area (Å²) in [6.07, 6.45) is 0.774. The molecule has 0 saturated carbocycles. The highest BCUT2D eigenvalue weighted by Gasteiger charge is 2.05. The maximum atomic E-state index is 13.3. The van der Waals surface area contributed by atoms with Gasteiger partial charge in [0.15, 0.2) is 0 Å². The summed E-state index contributed by atoms with van der Waals surface area (Å²) in [5.74, 6) is 0.876. The molecule has 1 nitrogen and oxygen atoms in total. The molecule has 1 aromatic rings. The van der Waals surface area contributed by atoms with Crippen LogP contribution >= 0.6 is 0 Å². The number of rotatable bonds is 3. The highest BCUT2D eigenvalue weighted by atomic mass is 19.1. The maximum absolute atomic E-state index is 13.3. The molecule has 2 heteroatoms. The number of halogens is 1. The summed E-state index contributed by atoms with van der Waals surface area (Å²) in [5.41, 5.74) is 0.760. The van der Waals surface area contributed by atoms with E-state index < -0.39 is 0 Å². The van der Waals surface area contributed by atoms with Gasteiger partial charge in [0.1, 0.15) is 11.6 Å². The van der Waals surface area contributed by atoms with Crippen LogP contribution < -0.4 is 4.74 Å². The van der Waals surface area contributed by atoms with Gasteiger partial charge in [-0.05, 0) is 24.0 Å². The average molecular weight is 212 g/mol. The largest absolute Gasteiger partial charge is 0.497 e.